The van der Waals surface area contributed by atoms with Gasteiger partial charge in [0.1, 0.15) is 0 Å². The molecule has 21 heavy (non-hydrogen) atoms. The molecule has 0 aliphatic carbocycles. The number of amides is 2. The highest BCUT2D eigenvalue weighted by Crippen LogP contribution is 2.20. The molecule has 1 aromatic heterocycles. The molecule has 0 atom stereocenters. The van der Waals surface area contributed by atoms with E-state index in [0.717, 1.165) is 4.90 Å². The summed E-state index contributed by atoms with van der Waals surface area (Å²) in [6, 6.07) is 9.57. The zero-order valence-electron chi connectivity index (χ0n) is 11.8. The molecule has 2 rings (SSSR count). The van der Waals surface area contributed by atoms with E-state index < -0.39 is 0 Å². The Balaban J connectivity index is 1.77. The second-order valence-corrected chi connectivity index (χ2v) is 6.51. The van der Waals surface area contributed by atoms with Crippen LogP contribution in [-0.2, 0) is 4.79 Å². The molecule has 2 amide bonds. The first-order valence-corrected chi connectivity index (χ1v) is 8.25. The number of carbonyl (C=O) groups is 2. The van der Waals surface area contributed by atoms with Crippen molar-refractivity contribution in [2.24, 2.45) is 0 Å². The molecule has 0 fully saturated rings. The summed E-state index contributed by atoms with van der Waals surface area (Å²) >= 11 is 2.77. The largest absolute Gasteiger partial charge is 0.279 e. The predicted molar refractivity (Wildman–Crippen MR) is 86.6 cm³/mol. The molecule has 0 aliphatic heterocycles. The van der Waals surface area contributed by atoms with E-state index in [1.54, 1.807) is 12.1 Å². The van der Waals surface area contributed by atoms with Crippen molar-refractivity contribution in [1.82, 2.24) is 10.9 Å². The van der Waals surface area contributed by atoms with E-state index >= 15 is 0 Å². The number of carbonyl (C=O) groups excluding carboxylic acids is 2. The number of hydrogen-bond donors (Lipinski definition) is 2. The number of rotatable bonds is 4. The fraction of sp³-hybridized carbons (Fsp3) is 0.200. The molecule has 0 unspecified atom stereocenters. The molecule has 0 aliphatic rings. The minimum absolute atomic E-state index is 0.233. The lowest BCUT2D eigenvalue weighted by Crippen LogP contribution is -2.42. The molecule has 110 valence electrons. The van der Waals surface area contributed by atoms with Crippen LogP contribution < -0.4 is 10.9 Å². The Morgan fingerprint density at radius 1 is 1.14 bits per heavy atom. The van der Waals surface area contributed by atoms with E-state index in [9.17, 15) is 9.59 Å². The van der Waals surface area contributed by atoms with Crippen LogP contribution in [0.5, 0.6) is 0 Å². The second-order valence-electron chi connectivity index (χ2n) is 4.51. The van der Waals surface area contributed by atoms with Crippen molar-refractivity contribution in [2.45, 2.75) is 18.7 Å². The summed E-state index contributed by atoms with van der Waals surface area (Å²) in [5, 5.41) is 1.81. The summed E-state index contributed by atoms with van der Waals surface area (Å²) in [5.41, 5.74) is 7.24. The van der Waals surface area contributed by atoms with E-state index in [-0.39, 0.29) is 17.6 Å². The molecule has 2 N–H and O–H groups in total. The Kier molecular flexibility index (Phi) is 5.41. The van der Waals surface area contributed by atoms with Gasteiger partial charge in [-0.15, -0.1) is 23.1 Å². The first kappa shape index (κ1) is 15.6. The minimum atomic E-state index is -0.297. The molecule has 1 aromatic carbocycles. The Bertz CT molecular complexity index is 639. The molecule has 0 radical (unpaired) electrons. The van der Waals surface area contributed by atoms with Gasteiger partial charge in [0.15, 0.2) is 0 Å². The zero-order valence-corrected chi connectivity index (χ0v) is 13.4. The summed E-state index contributed by atoms with van der Waals surface area (Å²) in [4.78, 5) is 24.9. The molecule has 0 spiro atoms. The number of aryl methyl sites for hydroxylation is 2. The van der Waals surface area contributed by atoms with Gasteiger partial charge in [0.2, 0.25) is 5.91 Å². The summed E-state index contributed by atoms with van der Waals surface area (Å²) < 4.78 is 0. The van der Waals surface area contributed by atoms with Crippen LogP contribution >= 0.6 is 23.1 Å². The van der Waals surface area contributed by atoms with Crippen LogP contribution in [-0.4, -0.2) is 17.6 Å². The summed E-state index contributed by atoms with van der Waals surface area (Å²) in [5.74, 6) is -0.273. The first-order valence-electron chi connectivity index (χ1n) is 6.39. The summed E-state index contributed by atoms with van der Waals surface area (Å²) in [6.45, 7) is 4.09. The number of hydrogen-bond acceptors (Lipinski definition) is 4. The van der Waals surface area contributed by atoms with E-state index in [0.29, 0.717) is 4.88 Å². The highest BCUT2D eigenvalue weighted by molar-refractivity contribution is 8.00. The maximum Gasteiger partial charge on any atom is 0.279 e. The van der Waals surface area contributed by atoms with Crippen molar-refractivity contribution in [3.8, 4) is 0 Å². The molecule has 4 nitrogen and oxygen atoms in total. The standard InChI is InChI=1S/C15H16N2O2S2/c1-10-5-6-12(8-11(10)2)21-9-14(18)16-17-15(19)13-4-3-7-20-13/h3-8H,9H2,1-2H3,(H,16,18)(H,17,19). The molecule has 0 saturated heterocycles. The fourth-order valence-corrected chi connectivity index (χ4v) is 3.00. The maximum absolute atomic E-state index is 11.7. The van der Waals surface area contributed by atoms with Gasteiger partial charge in [0.25, 0.3) is 5.91 Å². The van der Waals surface area contributed by atoms with Crippen molar-refractivity contribution in [3.05, 3.63) is 51.7 Å². The second kappa shape index (κ2) is 7.28. The van der Waals surface area contributed by atoms with Gasteiger partial charge in [0.05, 0.1) is 10.6 Å². The highest BCUT2D eigenvalue weighted by atomic mass is 32.2. The number of thioether (sulfide) groups is 1. The molecule has 2 aromatic rings. The quantitative estimate of drug-likeness (QED) is 0.673. The van der Waals surface area contributed by atoms with Crippen molar-refractivity contribution in [3.63, 3.8) is 0 Å². The van der Waals surface area contributed by atoms with E-state index in [2.05, 4.69) is 23.8 Å². The van der Waals surface area contributed by atoms with Gasteiger partial charge in [-0.3, -0.25) is 20.4 Å². The van der Waals surface area contributed by atoms with E-state index in [1.165, 1.54) is 34.2 Å². The van der Waals surface area contributed by atoms with Crippen molar-refractivity contribution in [1.29, 1.82) is 0 Å². The number of nitrogens with one attached hydrogen (secondary N) is 2. The van der Waals surface area contributed by atoms with Crippen LogP contribution in [0.25, 0.3) is 0 Å². The van der Waals surface area contributed by atoms with Crippen LogP contribution in [0.4, 0.5) is 0 Å². The molecular formula is C15H16N2O2S2. The molecule has 6 heteroatoms. The van der Waals surface area contributed by atoms with Crippen LogP contribution in [0.3, 0.4) is 0 Å². The van der Waals surface area contributed by atoms with Gasteiger partial charge >= 0.3 is 0 Å². The van der Waals surface area contributed by atoms with Crippen LogP contribution in [0.15, 0.2) is 40.6 Å². The maximum atomic E-state index is 11.7. The van der Waals surface area contributed by atoms with Crippen molar-refractivity contribution >= 4 is 34.9 Å². The molecule has 0 saturated carbocycles. The normalized spacial score (nSPS) is 10.2. The Labute approximate surface area is 131 Å². The Hall–Kier alpha value is -1.79. The van der Waals surface area contributed by atoms with E-state index in [4.69, 9.17) is 0 Å². The lowest BCUT2D eigenvalue weighted by Gasteiger charge is -2.07. The molecule has 1 heterocycles. The van der Waals surface area contributed by atoms with Crippen LogP contribution in [0, 0.1) is 13.8 Å². The Morgan fingerprint density at radius 2 is 1.95 bits per heavy atom. The molecular weight excluding hydrogens is 304 g/mol. The van der Waals surface area contributed by atoms with Gasteiger partial charge < -0.3 is 0 Å². The van der Waals surface area contributed by atoms with E-state index in [1.807, 2.05) is 24.4 Å². The van der Waals surface area contributed by atoms with Crippen molar-refractivity contribution in [2.75, 3.05) is 5.75 Å². The summed E-state index contributed by atoms with van der Waals surface area (Å²) in [7, 11) is 0. The number of benzene rings is 1. The third-order valence-electron chi connectivity index (χ3n) is 2.91. The van der Waals surface area contributed by atoms with Gasteiger partial charge in [-0.1, -0.05) is 12.1 Å². The van der Waals surface area contributed by atoms with Gasteiger partial charge in [0, 0.05) is 4.90 Å². The van der Waals surface area contributed by atoms with Gasteiger partial charge in [-0.2, -0.15) is 0 Å². The summed E-state index contributed by atoms with van der Waals surface area (Å²) in [6.07, 6.45) is 0. The first-order chi connectivity index (χ1) is 10.1. The number of hydrazine groups is 1. The average Bonchev–Trinajstić information content (AvgIpc) is 3.00. The van der Waals surface area contributed by atoms with Gasteiger partial charge in [-0.25, -0.2) is 0 Å². The van der Waals surface area contributed by atoms with Gasteiger partial charge in [-0.05, 0) is 48.6 Å². The smallest absolute Gasteiger partial charge is 0.272 e. The third-order valence-corrected chi connectivity index (χ3v) is 4.77. The topological polar surface area (TPSA) is 58.2 Å². The average molecular weight is 320 g/mol. The lowest BCUT2D eigenvalue weighted by atomic mass is 10.1. The number of thiophene rings is 1. The lowest BCUT2D eigenvalue weighted by molar-refractivity contribution is -0.119. The highest BCUT2D eigenvalue weighted by Gasteiger charge is 2.08. The van der Waals surface area contributed by atoms with Crippen LogP contribution in [0.1, 0.15) is 20.8 Å². The monoisotopic (exact) mass is 320 g/mol. The Morgan fingerprint density at radius 3 is 2.62 bits per heavy atom. The fourth-order valence-electron chi connectivity index (χ4n) is 1.58. The zero-order chi connectivity index (χ0) is 15.2. The molecule has 0 bridgehead atoms. The predicted octanol–water partition coefficient (Wildman–Crippen LogP) is 2.92. The third kappa shape index (κ3) is 4.61. The SMILES string of the molecule is Cc1ccc(SCC(=O)NNC(=O)c2cccs2)cc1C. The minimum Gasteiger partial charge on any atom is -0.272 e. The van der Waals surface area contributed by atoms with Crippen molar-refractivity contribution < 1.29 is 9.59 Å². The van der Waals surface area contributed by atoms with Crippen LogP contribution in [0.2, 0.25) is 0 Å².